The summed E-state index contributed by atoms with van der Waals surface area (Å²) >= 11 is 0. The molecule has 96 valence electrons. The average Bonchev–Trinajstić information content (AvgIpc) is 2.76. The number of rotatable bonds is 2. The lowest BCUT2D eigenvalue weighted by molar-refractivity contribution is -0.122. The summed E-state index contributed by atoms with van der Waals surface area (Å²) in [5.41, 5.74) is -0.152. The van der Waals surface area contributed by atoms with Gasteiger partial charge in [-0.15, -0.1) is 0 Å². The van der Waals surface area contributed by atoms with Gasteiger partial charge in [0.1, 0.15) is 5.56 Å². The van der Waals surface area contributed by atoms with Crippen LogP contribution in [0, 0.1) is 11.8 Å². The van der Waals surface area contributed by atoms with Gasteiger partial charge in [0.25, 0.3) is 0 Å². The van der Waals surface area contributed by atoms with E-state index >= 15 is 0 Å². The molecule has 7 nitrogen and oxygen atoms in total. The maximum absolute atomic E-state index is 12.0. The Morgan fingerprint density at radius 3 is 2.22 bits per heavy atom. The molecule has 1 aliphatic heterocycles. The monoisotopic (exact) mass is 251 g/mol. The van der Waals surface area contributed by atoms with Crippen molar-refractivity contribution in [2.45, 2.75) is 13.8 Å². The molecule has 0 aliphatic carbocycles. The van der Waals surface area contributed by atoms with Gasteiger partial charge in [0.2, 0.25) is 11.8 Å². The second kappa shape index (κ2) is 3.94. The lowest BCUT2D eigenvalue weighted by atomic mass is 10.00. The van der Waals surface area contributed by atoms with Crippen molar-refractivity contribution in [2.75, 3.05) is 4.90 Å². The van der Waals surface area contributed by atoms with E-state index in [1.54, 1.807) is 13.8 Å². The first-order chi connectivity index (χ1) is 8.36. The number of nitrogens with zero attached hydrogens (tertiary/aromatic N) is 3. The van der Waals surface area contributed by atoms with Crippen LogP contribution in [0.1, 0.15) is 24.2 Å². The van der Waals surface area contributed by atoms with Crippen LogP contribution in [0.2, 0.25) is 0 Å². The molecule has 0 saturated carbocycles. The molecule has 0 radical (unpaired) electrons. The SMILES string of the molecule is CC1C(=O)N(c2c(C(=O)O)cnn2C)C(=O)C1C. The summed E-state index contributed by atoms with van der Waals surface area (Å²) in [5.74, 6) is -2.88. The maximum Gasteiger partial charge on any atom is 0.341 e. The molecule has 18 heavy (non-hydrogen) atoms. The van der Waals surface area contributed by atoms with Crippen LogP contribution in [0.25, 0.3) is 0 Å². The Morgan fingerprint density at radius 1 is 1.28 bits per heavy atom. The third-order valence-electron chi connectivity index (χ3n) is 3.32. The summed E-state index contributed by atoms with van der Waals surface area (Å²) < 4.78 is 1.23. The van der Waals surface area contributed by atoms with E-state index in [9.17, 15) is 14.4 Å². The lowest BCUT2D eigenvalue weighted by Gasteiger charge is -2.15. The highest BCUT2D eigenvalue weighted by Crippen LogP contribution is 2.32. The average molecular weight is 251 g/mol. The first-order valence-electron chi connectivity index (χ1n) is 5.49. The Bertz CT molecular complexity index is 528. The van der Waals surface area contributed by atoms with Crippen LogP contribution in [-0.2, 0) is 16.6 Å². The van der Waals surface area contributed by atoms with E-state index in [1.165, 1.54) is 11.7 Å². The van der Waals surface area contributed by atoms with Crippen molar-refractivity contribution in [3.8, 4) is 0 Å². The van der Waals surface area contributed by atoms with E-state index in [0.717, 1.165) is 11.1 Å². The van der Waals surface area contributed by atoms with Crippen LogP contribution in [0.15, 0.2) is 6.20 Å². The maximum atomic E-state index is 12.0. The number of amides is 2. The minimum Gasteiger partial charge on any atom is -0.477 e. The highest BCUT2D eigenvalue weighted by molar-refractivity contribution is 6.22. The van der Waals surface area contributed by atoms with Gasteiger partial charge in [0, 0.05) is 18.9 Å². The predicted molar refractivity (Wildman–Crippen MR) is 61.0 cm³/mol. The first kappa shape index (κ1) is 12.3. The molecule has 0 bridgehead atoms. The fourth-order valence-electron chi connectivity index (χ4n) is 2.00. The predicted octanol–water partition coefficient (Wildman–Crippen LogP) is 0.264. The van der Waals surface area contributed by atoms with Gasteiger partial charge in [-0.2, -0.15) is 5.10 Å². The minimum absolute atomic E-state index is 0.0219. The largest absolute Gasteiger partial charge is 0.477 e. The van der Waals surface area contributed by atoms with Gasteiger partial charge in [-0.05, 0) is 0 Å². The third kappa shape index (κ3) is 1.51. The topological polar surface area (TPSA) is 92.5 Å². The molecule has 2 unspecified atom stereocenters. The zero-order valence-electron chi connectivity index (χ0n) is 10.2. The normalized spacial score (nSPS) is 23.8. The molecule has 1 N–H and O–H groups in total. The van der Waals surface area contributed by atoms with Gasteiger partial charge in [-0.25, -0.2) is 9.69 Å². The van der Waals surface area contributed by atoms with Gasteiger partial charge in [-0.1, -0.05) is 13.8 Å². The van der Waals surface area contributed by atoms with E-state index < -0.39 is 29.6 Å². The van der Waals surface area contributed by atoms with Crippen LogP contribution < -0.4 is 4.90 Å². The van der Waals surface area contributed by atoms with Gasteiger partial charge >= 0.3 is 5.97 Å². The molecule has 1 aliphatic rings. The highest BCUT2D eigenvalue weighted by Gasteiger charge is 2.45. The van der Waals surface area contributed by atoms with Crippen LogP contribution in [0.4, 0.5) is 5.82 Å². The van der Waals surface area contributed by atoms with Crippen molar-refractivity contribution >= 4 is 23.6 Å². The van der Waals surface area contributed by atoms with E-state index in [-0.39, 0.29) is 11.4 Å². The lowest BCUT2D eigenvalue weighted by Crippen LogP contribution is -2.33. The summed E-state index contributed by atoms with van der Waals surface area (Å²) in [6.45, 7) is 3.31. The molecular weight excluding hydrogens is 238 g/mol. The van der Waals surface area contributed by atoms with Gasteiger partial charge in [-0.3, -0.25) is 14.3 Å². The van der Waals surface area contributed by atoms with Crippen molar-refractivity contribution < 1.29 is 19.5 Å². The Kier molecular flexibility index (Phi) is 2.68. The number of hydrogen-bond acceptors (Lipinski definition) is 4. The van der Waals surface area contributed by atoms with Crippen LogP contribution in [-0.4, -0.2) is 32.7 Å². The van der Waals surface area contributed by atoms with Crippen LogP contribution in [0.3, 0.4) is 0 Å². The summed E-state index contributed by atoms with van der Waals surface area (Å²) in [5, 5.41) is 12.8. The first-order valence-corrected chi connectivity index (χ1v) is 5.49. The zero-order valence-corrected chi connectivity index (χ0v) is 10.2. The minimum atomic E-state index is -1.22. The van der Waals surface area contributed by atoms with Gasteiger partial charge in [0.05, 0.1) is 6.20 Å². The second-order valence-corrected chi connectivity index (χ2v) is 4.40. The molecular formula is C11H13N3O4. The molecule has 2 heterocycles. The summed E-state index contributed by atoms with van der Waals surface area (Å²) in [7, 11) is 1.50. The molecule has 2 rings (SSSR count). The standard InChI is InChI=1S/C11H13N3O4/c1-5-6(2)10(16)14(9(5)15)8-7(11(17)18)4-12-13(8)3/h4-6H,1-3H3,(H,17,18). The summed E-state index contributed by atoms with van der Waals surface area (Å²) in [6, 6.07) is 0. The van der Waals surface area contributed by atoms with Crippen molar-refractivity contribution in [2.24, 2.45) is 18.9 Å². The molecule has 1 aromatic heterocycles. The fourth-order valence-corrected chi connectivity index (χ4v) is 2.00. The number of anilines is 1. The molecule has 1 aromatic rings. The molecule has 2 amide bonds. The number of carbonyl (C=O) groups excluding carboxylic acids is 2. The Morgan fingerprint density at radius 2 is 1.78 bits per heavy atom. The van der Waals surface area contributed by atoms with Crippen LogP contribution in [0.5, 0.6) is 0 Å². The summed E-state index contributed by atoms with van der Waals surface area (Å²) in [6.07, 6.45) is 1.13. The van der Waals surface area contributed by atoms with E-state index in [0.29, 0.717) is 0 Å². The molecule has 1 fully saturated rings. The quantitative estimate of drug-likeness (QED) is 0.761. The van der Waals surface area contributed by atoms with Crippen LogP contribution >= 0.6 is 0 Å². The fraction of sp³-hybridized carbons (Fsp3) is 0.455. The third-order valence-corrected chi connectivity index (χ3v) is 3.32. The number of aryl methyl sites for hydroxylation is 1. The number of carboxylic acids is 1. The van der Waals surface area contributed by atoms with Crippen molar-refractivity contribution in [1.82, 2.24) is 9.78 Å². The smallest absolute Gasteiger partial charge is 0.341 e. The summed E-state index contributed by atoms with van der Waals surface area (Å²) in [4.78, 5) is 36.0. The number of imide groups is 1. The highest BCUT2D eigenvalue weighted by atomic mass is 16.4. The number of carboxylic acid groups (broad SMARTS) is 1. The molecule has 1 saturated heterocycles. The molecule has 2 atom stereocenters. The Balaban J connectivity index is 2.56. The number of aromatic carboxylic acids is 1. The van der Waals surface area contributed by atoms with Crippen molar-refractivity contribution in [3.05, 3.63) is 11.8 Å². The van der Waals surface area contributed by atoms with Crippen molar-refractivity contribution in [3.63, 3.8) is 0 Å². The van der Waals surface area contributed by atoms with Gasteiger partial charge < -0.3 is 5.11 Å². The number of carbonyl (C=O) groups is 3. The number of hydrogen-bond donors (Lipinski definition) is 1. The van der Waals surface area contributed by atoms with Crippen molar-refractivity contribution in [1.29, 1.82) is 0 Å². The molecule has 0 aromatic carbocycles. The van der Waals surface area contributed by atoms with E-state index in [2.05, 4.69) is 5.10 Å². The van der Waals surface area contributed by atoms with E-state index in [1.807, 2.05) is 0 Å². The molecule has 0 spiro atoms. The number of aromatic nitrogens is 2. The molecule has 7 heteroatoms. The zero-order chi connectivity index (χ0) is 13.6. The van der Waals surface area contributed by atoms with E-state index in [4.69, 9.17) is 5.11 Å². The Hall–Kier alpha value is -2.18. The second-order valence-electron chi connectivity index (χ2n) is 4.40. The van der Waals surface area contributed by atoms with Gasteiger partial charge in [0.15, 0.2) is 5.82 Å². The Labute approximate surface area is 103 Å².